The van der Waals surface area contributed by atoms with Crippen molar-refractivity contribution in [3.05, 3.63) is 89.5 Å². The van der Waals surface area contributed by atoms with Gasteiger partial charge in [0.15, 0.2) is 0 Å². The Morgan fingerprint density at radius 1 is 0.914 bits per heavy atom. The van der Waals surface area contributed by atoms with Crippen molar-refractivity contribution in [1.29, 1.82) is 0 Å². The minimum Gasteiger partial charge on any atom is -0.481 e. The van der Waals surface area contributed by atoms with E-state index < -0.39 is 12.1 Å². The number of anilines is 1. The first kappa shape index (κ1) is 24.0. The molecule has 0 fully saturated rings. The first-order valence-corrected chi connectivity index (χ1v) is 11.6. The Balaban J connectivity index is 1.25. The number of carbonyl (C=O) groups is 3. The van der Waals surface area contributed by atoms with Crippen LogP contribution in [0.5, 0.6) is 0 Å². The topological polar surface area (TPSA) is 105 Å². The number of rotatable bonds is 9. The van der Waals surface area contributed by atoms with Crippen LogP contribution in [0.1, 0.15) is 36.0 Å². The van der Waals surface area contributed by atoms with Gasteiger partial charge in [-0.2, -0.15) is 0 Å². The van der Waals surface area contributed by atoms with E-state index in [4.69, 9.17) is 9.84 Å². The van der Waals surface area contributed by atoms with Crippen molar-refractivity contribution in [2.24, 2.45) is 5.92 Å². The summed E-state index contributed by atoms with van der Waals surface area (Å²) >= 11 is 0. The highest BCUT2D eigenvalue weighted by Gasteiger charge is 2.29. The molecule has 7 heteroatoms. The predicted molar refractivity (Wildman–Crippen MR) is 133 cm³/mol. The van der Waals surface area contributed by atoms with Crippen molar-refractivity contribution in [2.45, 2.75) is 25.7 Å². The SMILES string of the molecule is CC(CNC(=O)OCC1c2ccccc2-c2ccccc21)CC(=O)Nc1ccccc1CC(=O)O. The van der Waals surface area contributed by atoms with Crippen molar-refractivity contribution in [3.63, 3.8) is 0 Å². The summed E-state index contributed by atoms with van der Waals surface area (Å²) in [5, 5.41) is 14.5. The molecule has 2 amide bonds. The summed E-state index contributed by atoms with van der Waals surface area (Å²) in [6.45, 7) is 2.36. The Hall–Kier alpha value is -4.13. The molecule has 0 aliphatic heterocycles. The van der Waals surface area contributed by atoms with E-state index >= 15 is 0 Å². The van der Waals surface area contributed by atoms with E-state index in [2.05, 4.69) is 34.9 Å². The molecule has 4 rings (SSSR count). The molecular weight excluding hydrogens is 444 g/mol. The van der Waals surface area contributed by atoms with Gasteiger partial charge in [-0.15, -0.1) is 0 Å². The summed E-state index contributed by atoms with van der Waals surface area (Å²) in [5.74, 6) is -1.36. The molecule has 0 saturated carbocycles. The monoisotopic (exact) mass is 472 g/mol. The summed E-state index contributed by atoms with van der Waals surface area (Å²) in [5.41, 5.74) is 5.65. The van der Waals surface area contributed by atoms with Gasteiger partial charge in [0.05, 0.1) is 6.42 Å². The van der Waals surface area contributed by atoms with E-state index in [0.717, 1.165) is 11.1 Å². The second-order valence-corrected chi connectivity index (χ2v) is 8.79. The highest BCUT2D eigenvalue weighted by Crippen LogP contribution is 2.44. The van der Waals surface area contributed by atoms with Crippen molar-refractivity contribution < 1.29 is 24.2 Å². The number of carboxylic acid groups (broad SMARTS) is 1. The highest BCUT2D eigenvalue weighted by molar-refractivity contribution is 5.92. The molecule has 1 unspecified atom stereocenters. The van der Waals surface area contributed by atoms with E-state index in [9.17, 15) is 14.4 Å². The largest absolute Gasteiger partial charge is 0.481 e. The molecule has 0 radical (unpaired) electrons. The van der Waals surface area contributed by atoms with Crippen LogP contribution in [0.4, 0.5) is 10.5 Å². The number of carbonyl (C=O) groups excluding carboxylic acids is 2. The number of benzene rings is 3. The van der Waals surface area contributed by atoms with Crippen molar-refractivity contribution in [3.8, 4) is 11.1 Å². The lowest BCUT2D eigenvalue weighted by molar-refractivity contribution is -0.136. The average molecular weight is 473 g/mol. The van der Waals surface area contributed by atoms with Gasteiger partial charge in [-0.05, 0) is 39.8 Å². The van der Waals surface area contributed by atoms with Crippen LogP contribution >= 0.6 is 0 Å². The van der Waals surface area contributed by atoms with Crippen molar-refractivity contribution >= 4 is 23.7 Å². The molecule has 35 heavy (non-hydrogen) atoms. The lowest BCUT2D eigenvalue weighted by Crippen LogP contribution is -2.31. The molecule has 0 bridgehead atoms. The van der Waals surface area contributed by atoms with Crippen LogP contribution in [0.25, 0.3) is 11.1 Å². The fourth-order valence-electron chi connectivity index (χ4n) is 4.46. The summed E-state index contributed by atoms with van der Waals surface area (Å²) in [4.78, 5) is 35.8. The van der Waals surface area contributed by atoms with E-state index in [-0.39, 0.29) is 43.7 Å². The van der Waals surface area contributed by atoms with E-state index in [1.54, 1.807) is 24.3 Å². The van der Waals surface area contributed by atoms with Gasteiger partial charge in [-0.25, -0.2) is 4.79 Å². The number of hydrogen-bond acceptors (Lipinski definition) is 4. The van der Waals surface area contributed by atoms with Crippen molar-refractivity contribution in [2.75, 3.05) is 18.5 Å². The molecule has 1 atom stereocenters. The van der Waals surface area contributed by atoms with Gasteiger partial charge in [-0.3, -0.25) is 9.59 Å². The molecular formula is C28H28N2O5. The fraction of sp³-hybridized carbons (Fsp3) is 0.250. The number of ether oxygens (including phenoxy) is 1. The molecule has 0 heterocycles. The summed E-state index contributed by atoms with van der Waals surface area (Å²) in [7, 11) is 0. The van der Waals surface area contributed by atoms with Gasteiger partial charge in [0, 0.05) is 24.6 Å². The molecule has 1 aliphatic carbocycles. The number of aliphatic carboxylic acids is 1. The van der Waals surface area contributed by atoms with Crippen LogP contribution in [0.2, 0.25) is 0 Å². The van der Waals surface area contributed by atoms with Crippen LogP contribution in [-0.4, -0.2) is 36.2 Å². The third-order valence-electron chi connectivity index (χ3n) is 6.11. The molecule has 0 saturated heterocycles. The van der Waals surface area contributed by atoms with E-state index in [1.807, 2.05) is 31.2 Å². The van der Waals surface area contributed by atoms with Crippen LogP contribution < -0.4 is 10.6 Å². The predicted octanol–water partition coefficient (Wildman–Crippen LogP) is 4.82. The second kappa shape index (κ2) is 10.9. The Bertz CT molecular complexity index is 1190. The zero-order chi connectivity index (χ0) is 24.8. The smallest absolute Gasteiger partial charge is 0.407 e. The molecule has 3 aromatic carbocycles. The first-order chi connectivity index (χ1) is 16.9. The highest BCUT2D eigenvalue weighted by atomic mass is 16.5. The second-order valence-electron chi connectivity index (χ2n) is 8.79. The van der Waals surface area contributed by atoms with Gasteiger partial charge in [0.25, 0.3) is 0 Å². The third-order valence-corrected chi connectivity index (χ3v) is 6.11. The Morgan fingerprint density at radius 2 is 1.51 bits per heavy atom. The normalized spacial score (nSPS) is 12.8. The lowest BCUT2D eigenvalue weighted by Gasteiger charge is -2.16. The minimum atomic E-state index is -0.965. The number of amides is 2. The third kappa shape index (κ3) is 5.87. The van der Waals surface area contributed by atoms with E-state index in [1.165, 1.54) is 11.1 Å². The van der Waals surface area contributed by atoms with E-state index in [0.29, 0.717) is 11.3 Å². The Morgan fingerprint density at radius 3 is 2.17 bits per heavy atom. The Kier molecular flexibility index (Phi) is 7.45. The molecule has 3 aromatic rings. The molecule has 0 spiro atoms. The maximum atomic E-state index is 12.4. The number of alkyl carbamates (subject to hydrolysis) is 1. The maximum absolute atomic E-state index is 12.4. The standard InChI is InChI=1S/C28H28N2O5/c1-18(14-26(31)30-25-13-7-2-8-19(25)15-27(32)33)16-29-28(34)35-17-24-22-11-5-3-9-20(22)21-10-4-6-12-23(21)24/h2-13,18,24H,14-17H2,1H3,(H,29,34)(H,30,31)(H,32,33). The van der Waals surface area contributed by atoms with Crippen molar-refractivity contribution in [1.82, 2.24) is 5.32 Å². The fourth-order valence-corrected chi connectivity index (χ4v) is 4.46. The summed E-state index contributed by atoms with van der Waals surface area (Å²) < 4.78 is 5.54. The number of carboxylic acids is 1. The quantitative estimate of drug-likeness (QED) is 0.414. The maximum Gasteiger partial charge on any atom is 0.407 e. The summed E-state index contributed by atoms with van der Waals surface area (Å²) in [6, 6.07) is 23.1. The zero-order valence-electron chi connectivity index (χ0n) is 19.5. The van der Waals surface area contributed by atoms with Crippen LogP contribution in [0.3, 0.4) is 0 Å². The van der Waals surface area contributed by atoms with Gasteiger partial charge in [0.2, 0.25) is 5.91 Å². The number of para-hydroxylation sites is 1. The minimum absolute atomic E-state index is 0.0118. The number of fused-ring (bicyclic) bond motifs is 3. The zero-order valence-corrected chi connectivity index (χ0v) is 19.5. The van der Waals surface area contributed by atoms with Crippen LogP contribution in [0, 0.1) is 5.92 Å². The average Bonchev–Trinajstić information content (AvgIpc) is 3.16. The van der Waals surface area contributed by atoms with Gasteiger partial charge < -0.3 is 20.5 Å². The summed E-state index contributed by atoms with van der Waals surface area (Å²) in [6.07, 6.45) is -0.522. The van der Waals surface area contributed by atoms with Gasteiger partial charge in [-0.1, -0.05) is 73.7 Å². The molecule has 1 aliphatic rings. The number of hydrogen-bond donors (Lipinski definition) is 3. The molecule has 180 valence electrons. The molecule has 0 aromatic heterocycles. The number of nitrogens with one attached hydrogen (secondary N) is 2. The van der Waals surface area contributed by atoms with Crippen LogP contribution in [0.15, 0.2) is 72.8 Å². The Labute approximate surface area is 204 Å². The van der Waals surface area contributed by atoms with Gasteiger partial charge >= 0.3 is 12.1 Å². The first-order valence-electron chi connectivity index (χ1n) is 11.6. The van der Waals surface area contributed by atoms with Gasteiger partial charge in [0.1, 0.15) is 6.61 Å². The molecule has 3 N–H and O–H groups in total. The molecule has 7 nitrogen and oxygen atoms in total. The lowest BCUT2D eigenvalue weighted by atomic mass is 9.98. The van der Waals surface area contributed by atoms with Crippen LogP contribution in [-0.2, 0) is 20.7 Å².